The second-order valence-corrected chi connectivity index (χ2v) is 6.39. The van der Waals surface area contributed by atoms with E-state index in [0.29, 0.717) is 6.61 Å². The second kappa shape index (κ2) is 7.92. The number of carbonyl (C=O) groups is 1. The number of primary amides is 1. The van der Waals surface area contributed by atoms with Crippen LogP contribution in [0, 0.1) is 0 Å². The average molecular weight is 317 g/mol. The first-order valence-corrected chi connectivity index (χ1v) is 8.53. The van der Waals surface area contributed by atoms with Gasteiger partial charge >= 0.3 is 6.03 Å². The first-order chi connectivity index (χ1) is 9.90. The number of unbranched alkanes of at least 4 members (excludes halogenated alkanes) is 2. The van der Waals surface area contributed by atoms with Gasteiger partial charge in [0.2, 0.25) is 5.88 Å². The monoisotopic (exact) mass is 317 g/mol. The lowest BCUT2D eigenvalue weighted by atomic mass is 10.2. The normalized spacial score (nSPS) is 18.3. The Morgan fingerprint density at radius 1 is 1.43 bits per heavy atom. The van der Waals surface area contributed by atoms with Crippen molar-refractivity contribution in [2.45, 2.75) is 45.6 Å². The number of nitrogens with two attached hydrogens (primary N) is 1. The summed E-state index contributed by atoms with van der Waals surface area (Å²) in [5.41, 5.74) is 4.89. The molecule has 2 amide bonds. The van der Waals surface area contributed by atoms with Gasteiger partial charge in [0.05, 0.1) is 6.61 Å². The number of hydrogen-bond donors (Lipinski definition) is 3. The topological polar surface area (TPSA) is 111 Å². The standard InChI is InChI=1S/C13H23N3O4S/c1-3-5-6-9-20-12-11(8-7-10(4-2)15-12)21(18,19)16-13(14)17/h7-8,10,15H,3-6,9H2,1-2H3,(H3,14,16,17). The summed E-state index contributed by atoms with van der Waals surface area (Å²) in [4.78, 5) is 10.7. The van der Waals surface area contributed by atoms with Crippen LogP contribution in [0.25, 0.3) is 0 Å². The van der Waals surface area contributed by atoms with Gasteiger partial charge in [-0.15, -0.1) is 0 Å². The number of carbonyl (C=O) groups excluding carboxylic acids is 1. The molecule has 0 bridgehead atoms. The SMILES string of the molecule is CCCCCOC1=C(S(=O)(=O)NC(N)=O)C=CC(CC)N1. The summed E-state index contributed by atoms with van der Waals surface area (Å²) >= 11 is 0. The van der Waals surface area contributed by atoms with Crippen LogP contribution in [0.3, 0.4) is 0 Å². The molecular formula is C13H23N3O4S. The van der Waals surface area contributed by atoms with Gasteiger partial charge in [0.1, 0.15) is 4.91 Å². The van der Waals surface area contributed by atoms with E-state index in [1.807, 2.05) is 6.92 Å². The molecule has 1 heterocycles. The van der Waals surface area contributed by atoms with Crippen molar-refractivity contribution in [2.24, 2.45) is 5.73 Å². The van der Waals surface area contributed by atoms with Crippen LogP contribution in [0.2, 0.25) is 0 Å². The number of allylic oxidation sites excluding steroid dienone is 1. The van der Waals surface area contributed by atoms with Crippen LogP contribution in [0.1, 0.15) is 39.5 Å². The summed E-state index contributed by atoms with van der Waals surface area (Å²) in [5.74, 6) is 0.161. The van der Waals surface area contributed by atoms with E-state index in [2.05, 4.69) is 12.2 Å². The van der Waals surface area contributed by atoms with E-state index < -0.39 is 16.1 Å². The molecule has 4 N–H and O–H groups in total. The molecule has 0 aromatic carbocycles. The summed E-state index contributed by atoms with van der Waals surface area (Å²) in [6, 6.07) is -1.13. The van der Waals surface area contributed by atoms with Gasteiger partial charge in [0.25, 0.3) is 10.0 Å². The summed E-state index contributed by atoms with van der Waals surface area (Å²) in [5, 5.41) is 3.01. The Morgan fingerprint density at radius 2 is 2.14 bits per heavy atom. The summed E-state index contributed by atoms with van der Waals surface area (Å²) in [7, 11) is -4.03. The van der Waals surface area contributed by atoms with Crippen molar-refractivity contribution in [3.8, 4) is 0 Å². The zero-order valence-electron chi connectivity index (χ0n) is 12.4. The predicted molar refractivity (Wildman–Crippen MR) is 80.5 cm³/mol. The Hall–Kier alpha value is -1.70. The summed E-state index contributed by atoms with van der Waals surface area (Å²) in [6.45, 7) is 4.45. The number of sulfonamides is 1. The van der Waals surface area contributed by atoms with Gasteiger partial charge < -0.3 is 15.8 Å². The largest absolute Gasteiger partial charge is 0.478 e. The number of ether oxygens (including phenoxy) is 1. The third-order valence-corrected chi connectivity index (χ3v) is 4.35. The number of rotatable bonds is 8. The number of amides is 2. The summed E-state index contributed by atoms with van der Waals surface area (Å²) < 4.78 is 31.4. The molecule has 8 heteroatoms. The smallest absolute Gasteiger partial charge is 0.326 e. The zero-order valence-corrected chi connectivity index (χ0v) is 13.2. The fourth-order valence-corrected chi connectivity index (χ4v) is 2.84. The molecule has 0 saturated carbocycles. The maximum Gasteiger partial charge on any atom is 0.326 e. The molecule has 0 aliphatic carbocycles. The Kier molecular flexibility index (Phi) is 6.54. The van der Waals surface area contributed by atoms with Gasteiger partial charge in [0.15, 0.2) is 0 Å². The van der Waals surface area contributed by atoms with Gasteiger partial charge in [-0.1, -0.05) is 32.8 Å². The van der Waals surface area contributed by atoms with E-state index in [4.69, 9.17) is 10.5 Å². The molecule has 0 aromatic heterocycles. The van der Waals surface area contributed by atoms with Crippen LogP contribution in [-0.2, 0) is 14.8 Å². The van der Waals surface area contributed by atoms with Crippen molar-refractivity contribution in [1.82, 2.24) is 10.0 Å². The number of nitrogens with one attached hydrogen (secondary N) is 2. The highest BCUT2D eigenvalue weighted by Gasteiger charge is 2.26. The van der Waals surface area contributed by atoms with Crippen LogP contribution in [-0.4, -0.2) is 27.1 Å². The third-order valence-electron chi connectivity index (χ3n) is 2.98. The third kappa shape index (κ3) is 5.30. The quantitative estimate of drug-likeness (QED) is 0.584. The highest BCUT2D eigenvalue weighted by molar-refractivity contribution is 7.94. The molecule has 1 aliphatic heterocycles. The molecule has 0 fully saturated rings. The lowest BCUT2D eigenvalue weighted by molar-refractivity contribution is 0.178. The highest BCUT2D eigenvalue weighted by atomic mass is 32.2. The molecule has 0 aromatic rings. The first kappa shape index (κ1) is 17.4. The van der Waals surface area contributed by atoms with Crippen LogP contribution < -0.4 is 15.8 Å². The maximum absolute atomic E-state index is 12.0. The Bertz CT molecular complexity index is 526. The minimum atomic E-state index is -4.03. The average Bonchev–Trinajstić information content (AvgIpc) is 2.42. The van der Waals surface area contributed by atoms with Gasteiger partial charge in [-0.25, -0.2) is 17.9 Å². The van der Waals surface area contributed by atoms with E-state index in [1.165, 1.54) is 6.08 Å². The molecule has 1 rings (SSSR count). The Balaban J connectivity index is 2.93. The van der Waals surface area contributed by atoms with E-state index in [9.17, 15) is 13.2 Å². The molecule has 7 nitrogen and oxygen atoms in total. The van der Waals surface area contributed by atoms with Crippen LogP contribution in [0.15, 0.2) is 22.9 Å². The number of urea groups is 1. The minimum Gasteiger partial charge on any atom is -0.478 e. The van der Waals surface area contributed by atoms with E-state index in [1.54, 1.807) is 10.8 Å². The first-order valence-electron chi connectivity index (χ1n) is 7.04. The second-order valence-electron chi connectivity index (χ2n) is 4.74. The van der Waals surface area contributed by atoms with Gasteiger partial charge in [0, 0.05) is 6.04 Å². The van der Waals surface area contributed by atoms with Crippen molar-refractivity contribution < 1.29 is 17.9 Å². The lowest BCUT2D eigenvalue weighted by Crippen LogP contribution is -2.39. The molecule has 0 spiro atoms. The molecule has 1 atom stereocenters. The Labute approximate surface area is 125 Å². The van der Waals surface area contributed by atoms with Crippen LogP contribution in [0.5, 0.6) is 0 Å². The van der Waals surface area contributed by atoms with Crippen LogP contribution >= 0.6 is 0 Å². The minimum absolute atomic E-state index is 0.00120. The molecular weight excluding hydrogens is 294 g/mol. The molecule has 1 aliphatic rings. The van der Waals surface area contributed by atoms with Crippen molar-refractivity contribution >= 4 is 16.1 Å². The molecule has 0 radical (unpaired) electrons. The van der Waals surface area contributed by atoms with Crippen molar-refractivity contribution in [1.29, 1.82) is 0 Å². The number of dihydropyridines is 1. The highest BCUT2D eigenvalue weighted by Crippen LogP contribution is 2.19. The van der Waals surface area contributed by atoms with Gasteiger partial charge in [-0.2, -0.15) is 0 Å². The molecule has 120 valence electrons. The van der Waals surface area contributed by atoms with Crippen molar-refractivity contribution in [3.05, 3.63) is 22.9 Å². The fourth-order valence-electron chi connectivity index (χ4n) is 1.84. The van der Waals surface area contributed by atoms with E-state index in [0.717, 1.165) is 25.7 Å². The van der Waals surface area contributed by atoms with Gasteiger partial charge in [-0.05, 0) is 18.9 Å². The van der Waals surface area contributed by atoms with Crippen molar-refractivity contribution in [2.75, 3.05) is 6.61 Å². The fraction of sp³-hybridized carbons (Fsp3) is 0.615. The molecule has 0 saturated heterocycles. The zero-order chi connectivity index (χ0) is 15.9. The van der Waals surface area contributed by atoms with E-state index >= 15 is 0 Å². The molecule has 21 heavy (non-hydrogen) atoms. The van der Waals surface area contributed by atoms with Gasteiger partial charge in [-0.3, -0.25) is 0 Å². The number of hydrogen-bond acceptors (Lipinski definition) is 5. The summed E-state index contributed by atoms with van der Waals surface area (Å²) in [6.07, 6.45) is 6.82. The maximum atomic E-state index is 12.0. The Morgan fingerprint density at radius 3 is 2.71 bits per heavy atom. The lowest BCUT2D eigenvalue weighted by Gasteiger charge is -2.24. The molecule has 1 unspecified atom stereocenters. The van der Waals surface area contributed by atoms with Crippen LogP contribution in [0.4, 0.5) is 4.79 Å². The predicted octanol–water partition coefficient (Wildman–Crippen LogP) is 1.30. The van der Waals surface area contributed by atoms with E-state index in [-0.39, 0.29) is 16.8 Å². The van der Waals surface area contributed by atoms with Crippen molar-refractivity contribution in [3.63, 3.8) is 0 Å².